The minimum absolute atomic E-state index is 0.509. The molecule has 4 heteroatoms. The monoisotopic (exact) mass is 331 g/mol. The Balaban J connectivity index is 1.67. The quantitative estimate of drug-likeness (QED) is 0.507. The molecule has 0 aliphatic heterocycles. The molecular formula is C20H20F3N. The van der Waals surface area contributed by atoms with Gasteiger partial charge < -0.3 is 0 Å². The first kappa shape index (κ1) is 15.7. The molecule has 0 unspecified atom stereocenters. The smallest absolute Gasteiger partial charge is 0.266 e. The summed E-state index contributed by atoms with van der Waals surface area (Å²) in [5.74, 6) is 6.66. The predicted molar refractivity (Wildman–Crippen MR) is 87.7 cm³/mol. The van der Waals surface area contributed by atoms with E-state index in [1.54, 1.807) is 24.3 Å². The molecule has 4 fully saturated rings. The third-order valence-electron chi connectivity index (χ3n) is 5.72. The fourth-order valence-corrected chi connectivity index (χ4v) is 5.25. The molecular weight excluding hydrogens is 311 g/mol. The molecule has 4 aliphatic carbocycles. The second-order valence-electron chi connectivity index (χ2n) is 7.72. The first-order chi connectivity index (χ1) is 11.4. The summed E-state index contributed by atoms with van der Waals surface area (Å²) >= 11 is 0. The van der Waals surface area contributed by atoms with Gasteiger partial charge in [0, 0.05) is 5.56 Å². The maximum Gasteiger partial charge on any atom is 0.441 e. The Kier molecular flexibility index (Phi) is 3.71. The van der Waals surface area contributed by atoms with E-state index >= 15 is 0 Å². The SMILES string of the molecule is FC(F)(F)C(C#Cc1ccccc1)=NC12CC3CC(CC(C3)C1)C2. The van der Waals surface area contributed by atoms with Gasteiger partial charge in [-0.3, -0.25) is 4.99 Å². The van der Waals surface area contributed by atoms with E-state index in [0.717, 1.165) is 19.3 Å². The van der Waals surface area contributed by atoms with Crippen molar-refractivity contribution in [3.8, 4) is 11.8 Å². The third kappa shape index (κ3) is 3.09. The van der Waals surface area contributed by atoms with E-state index in [-0.39, 0.29) is 0 Å². The van der Waals surface area contributed by atoms with Crippen LogP contribution in [0.4, 0.5) is 13.2 Å². The summed E-state index contributed by atoms with van der Waals surface area (Å²) in [7, 11) is 0. The van der Waals surface area contributed by atoms with Crippen LogP contribution in [0.15, 0.2) is 35.3 Å². The van der Waals surface area contributed by atoms with E-state index in [0.29, 0.717) is 23.3 Å². The van der Waals surface area contributed by atoms with Gasteiger partial charge in [0.2, 0.25) is 0 Å². The lowest BCUT2D eigenvalue weighted by molar-refractivity contribution is -0.0601. The highest BCUT2D eigenvalue weighted by atomic mass is 19.4. The Hall–Kier alpha value is -1.76. The van der Waals surface area contributed by atoms with Crippen LogP contribution < -0.4 is 0 Å². The molecule has 0 amide bonds. The second kappa shape index (κ2) is 5.65. The van der Waals surface area contributed by atoms with Gasteiger partial charge in [0.05, 0.1) is 5.54 Å². The van der Waals surface area contributed by atoms with Gasteiger partial charge >= 0.3 is 6.18 Å². The molecule has 4 bridgehead atoms. The molecule has 0 aromatic heterocycles. The molecule has 0 saturated heterocycles. The minimum atomic E-state index is -4.48. The Morgan fingerprint density at radius 3 is 2.00 bits per heavy atom. The van der Waals surface area contributed by atoms with Crippen LogP contribution in [-0.4, -0.2) is 17.4 Å². The molecule has 126 valence electrons. The van der Waals surface area contributed by atoms with E-state index in [2.05, 4.69) is 16.8 Å². The number of alkyl halides is 3. The number of benzene rings is 1. The summed E-state index contributed by atoms with van der Waals surface area (Å²) in [6, 6.07) is 8.79. The van der Waals surface area contributed by atoms with Crippen LogP contribution in [0.5, 0.6) is 0 Å². The molecule has 0 heterocycles. The summed E-state index contributed by atoms with van der Waals surface area (Å²) in [6.07, 6.45) is 1.51. The van der Waals surface area contributed by atoms with Crippen LogP contribution in [0, 0.1) is 29.6 Å². The summed E-state index contributed by atoms with van der Waals surface area (Å²) in [4.78, 5) is 4.27. The Morgan fingerprint density at radius 1 is 0.958 bits per heavy atom. The number of aliphatic imine (C=N–C) groups is 1. The van der Waals surface area contributed by atoms with Crippen molar-refractivity contribution in [2.45, 2.75) is 50.2 Å². The molecule has 4 saturated carbocycles. The molecule has 5 rings (SSSR count). The molecule has 0 radical (unpaired) electrons. The summed E-state index contributed by atoms with van der Waals surface area (Å²) in [6.45, 7) is 0. The average Bonchev–Trinajstić information content (AvgIpc) is 2.50. The topological polar surface area (TPSA) is 12.4 Å². The Labute approximate surface area is 140 Å². The van der Waals surface area contributed by atoms with Crippen LogP contribution in [0.25, 0.3) is 0 Å². The van der Waals surface area contributed by atoms with Crippen molar-refractivity contribution in [1.29, 1.82) is 0 Å². The number of rotatable bonds is 1. The lowest BCUT2D eigenvalue weighted by Crippen LogP contribution is -2.50. The van der Waals surface area contributed by atoms with E-state index < -0.39 is 17.4 Å². The van der Waals surface area contributed by atoms with Crippen LogP contribution in [0.2, 0.25) is 0 Å². The largest absolute Gasteiger partial charge is 0.441 e. The van der Waals surface area contributed by atoms with Gasteiger partial charge in [-0.15, -0.1) is 0 Å². The summed E-state index contributed by atoms with van der Waals surface area (Å²) in [5, 5.41) is 0. The number of hydrogen-bond donors (Lipinski definition) is 0. The van der Waals surface area contributed by atoms with Gasteiger partial charge in [0.1, 0.15) is 0 Å². The molecule has 24 heavy (non-hydrogen) atoms. The van der Waals surface area contributed by atoms with Crippen molar-refractivity contribution in [1.82, 2.24) is 0 Å². The summed E-state index contributed by atoms with van der Waals surface area (Å²) in [5.41, 5.74) is -0.821. The van der Waals surface area contributed by atoms with Crippen molar-refractivity contribution in [2.24, 2.45) is 22.7 Å². The van der Waals surface area contributed by atoms with Gasteiger partial charge in [-0.1, -0.05) is 24.1 Å². The van der Waals surface area contributed by atoms with Crippen LogP contribution in [0.3, 0.4) is 0 Å². The normalized spacial score (nSPS) is 34.8. The highest BCUT2D eigenvalue weighted by Crippen LogP contribution is 2.57. The zero-order valence-electron chi connectivity index (χ0n) is 13.4. The van der Waals surface area contributed by atoms with Crippen LogP contribution >= 0.6 is 0 Å². The van der Waals surface area contributed by atoms with Crippen molar-refractivity contribution >= 4 is 5.71 Å². The molecule has 1 aromatic carbocycles. The first-order valence-corrected chi connectivity index (χ1v) is 8.66. The third-order valence-corrected chi connectivity index (χ3v) is 5.72. The minimum Gasteiger partial charge on any atom is -0.266 e. The molecule has 1 nitrogen and oxygen atoms in total. The fourth-order valence-electron chi connectivity index (χ4n) is 5.25. The van der Waals surface area contributed by atoms with Crippen molar-refractivity contribution in [3.63, 3.8) is 0 Å². The molecule has 0 spiro atoms. The lowest BCUT2D eigenvalue weighted by atomic mass is 9.53. The number of nitrogens with zero attached hydrogens (tertiary/aromatic N) is 1. The highest BCUT2D eigenvalue weighted by Gasteiger charge is 2.52. The first-order valence-electron chi connectivity index (χ1n) is 8.66. The molecule has 0 N–H and O–H groups in total. The summed E-state index contributed by atoms with van der Waals surface area (Å²) < 4.78 is 40.4. The predicted octanol–water partition coefficient (Wildman–Crippen LogP) is 5.01. The zero-order chi connectivity index (χ0) is 16.8. The van der Waals surface area contributed by atoms with E-state index in [4.69, 9.17) is 0 Å². The van der Waals surface area contributed by atoms with Gasteiger partial charge in [0.25, 0.3) is 0 Å². The number of hydrogen-bond acceptors (Lipinski definition) is 1. The fraction of sp³-hybridized carbons (Fsp3) is 0.550. The standard InChI is InChI=1S/C20H20F3N/c21-20(22,23)18(7-6-14-4-2-1-3-5-14)24-19-11-15-8-16(12-19)10-17(9-15)13-19/h1-5,15-17H,8-13H2. The molecule has 1 aromatic rings. The van der Waals surface area contributed by atoms with Gasteiger partial charge in [-0.2, -0.15) is 13.2 Å². The lowest BCUT2D eigenvalue weighted by Gasteiger charge is -2.55. The average molecular weight is 331 g/mol. The van der Waals surface area contributed by atoms with Crippen molar-refractivity contribution in [2.75, 3.05) is 0 Å². The van der Waals surface area contributed by atoms with Gasteiger partial charge in [-0.25, -0.2) is 0 Å². The Bertz CT molecular complexity index is 671. The highest BCUT2D eigenvalue weighted by molar-refractivity contribution is 6.05. The van der Waals surface area contributed by atoms with Crippen molar-refractivity contribution < 1.29 is 13.2 Å². The van der Waals surface area contributed by atoms with Crippen LogP contribution in [-0.2, 0) is 0 Å². The maximum absolute atomic E-state index is 13.5. The maximum atomic E-state index is 13.5. The van der Waals surface area contributed by atoms with E-state index in [1.807, 2.05) is 6.07 Å². The molecule has 0 atom stereocenters. The Morgan fingerprint density at radius 2 is 1.50 bits per heavy atom. The number of halogens is 3. The van der Waals surface area contributed by atoms with Crippen molar-refractivity contribution in [3.05, 3.63) is 35.9 Å². The van der Waals surface area contributed by atoms with E-state index in [9.17, 15) is 13.2 Å². The van der Waals surface area contributed by atoms with E-state index in [1.165, 1.54) is 19.3 Å². The van der Waals surface area contributed by atoms with Crippen LogP contribution in [0.1, 0.15) is 44.1 Å². The molecule has 4 aliphatic rings. The zero-order valence-corrected chi connectivity index (χ0v) is 13.4. The van der Waals surface area contributed by atoms with Gasteiger partial charge in [-0.05, 0) is 74.3 Å². The van der Waals surface area contributed by atoms with Gasteiger partial charge in [0.15, 0.2) is 5.71 Å². The second-order valence-corrected chi connectivity index (χ2v) is 7.72.